The van der Waals surface area contributed by atoms with Crippen molar-refractivity contribution in [2.75, 3.05) is 31.1 Å². The molecule has 2 fully saturated rings. The van der Waals surface area contributed by atoms with E-state index in [9.17, 15) is 4.39 Å². The molecular formula is C25H29FN4. The Bertz CT molecular complexity index is 1060. The fourth-order valence-electron chi connectivity index (χ4n) is 5.81. The summed E-state index contributed by atoms with van der Waals surface area (Å²) in [6.07, 6.45) is 8.32. The van der Waals surface area contributed by atoms with Gasteiger partial charge in [-0.3, -0.25) is 4.90 Å². The van der Waals surface area contributed by atoms with Crippen LogP contribution in [0, 0.1) is 5.82 Å². The van der Waals surface area contributed by atoms with Crippen LogP contribution in [-0.4, -0.2) is 40.6 Å². The molecule has 7 rings (SSSR count). The topological polar surface area (TPSA) is 24.3 Å². The number of rotatable bonds is 3. The summed E-state index contributed by atoms with van der Waals surface area (Å²) in [5.74, 6) is 1.54. The van der Waals surface area contributed by atoms with Crippen molar-refractivity contribution >= 4 is 16.7 Å². The van der Waals surface area contributed by atoms with Gasteiger partial charge in [-0.05, 0) is 80.6 Å². The van der Waals surface area contributed by atoms with Gasteiger partial charge in [0.1, 0.15) is 11.6 Å². The van der Waals surface area contributed by atoms with Gasteiger partial charge in [0, 0.05) is 54.9 Å². The Labute approximate surface area is 177 Å². The second-order valence-electron chi connectivity index (χ2n) is 9.23. The van der Waals surface area contributed by atoms with Crippen molar-refractivity contribution in [2.45, 2.75) is 51.1 Å². The zero-order valence-corrected chi connectivity index (χ0v) is 17.5. The van der Waals surface area contributed by atoms with Gasteiger partial charge in [0.2, 0.25) is 0 Å². The lowest BCUT2D eigenvalue weighted by atomic mass is 9.94. The highest BCUT2D eigenvalue weighted by molar-refractivity contribution is 5.86. The van der Waals surface area contributed by atoms with Gasteiger partial charge in [0.25, 0.3) is 0 Å². The number of benzene rings is 1. The molecule has 3 aromatic rings. The van der Waals surface area contributed by atoms with E-state index in [-0.39, 0.29) is 5.82 Å². The van der Waals surface area contributed by atoms with E-state index < -0.39 is 0 Å². The van der Waals surface area contributed by atoms with Crippen LogP contribution >= 0.6 is 0 Å². The lowest BCUT2D eigenvalue weighted by molar-refractivity contribution is 0.219. The Morgan fingerprint density at radius 3 is 2.57 bits per heavy atom. The normalized spacial score (nSPS) is 23.6. The fourth-order valence-corrected chi connectivity index (χ4v) is 5.81. The molecule has 6 heterocycles. The number of pyridine rings is 1. The predicted molar refractivity (Wildman–Crippen MR) is 119 cm³/mol. The van der Waals surface area contributed by atoms with Crippen molar-refractivity contribution < 1.29 is 4.39 Å². The largest absolute Gasteiger partial charge is 0.357 e. The number of hydrogen-bond acceptors (Lipinski definition) is 3. The smallest absolute Gasteiger partial charge is 0.128 e. The van der Waals surface area contributed by atoms with Crippen LogP contribution in [0.1, 0.15) is 54.8 Å². The van der Waals surface area contributed by atoms with E-state index in [0.29, 0.717) is 5.92 Å². The van der Waals surface area contributed by atoms with Gasteiger partial charge in [-0.1, -0.05) is 6.07 Å². The van der Waals surface area contributed by atoms with E-state index in [1.165, 1.54) is 48.9 Å². The van der Waals surface area contributed by atoms with Gasteiger partial charge in [-0.2, -0.15) is 0 Å². The molecule has 0 N–H and O–H groups in total. The summed E-state index contributed by atoms with van der Waals surface area (Å²) in [4.78, 5) is 9.74. The third-order valence-corrected chi connectivity index (χ3v) is 7.36. The maximum absolute atomic E-state index is 14.1. The first-order valence-electron chi connectivity index (χ1n) is 11.5. The SMILES string of the molecule is Fc1ccc2c(c1)c1c(n2Cc2ccc(N3CCCCC3)nc2)C2CCN(CC2)C1. The van der Waals surface area contributed by atoms with Crippen molar-refractivity contribution in [3.8, 4) is 0 Å². The number of anilines is 1. The zero-order chi connectivity index (χ0) is 20.1. The van der Waals surface area contributed by atoms with Crippen LogP contribution in [0.2, 0.25) is 0 Å². The highest BCUT2D eigenvalue weighted by atomic mass is 19.1. The van der Waals surface area contributed by atoms with Gasteiger partial charge < -0.3 is 9.47 Å². The van der Waals surface area contributed by atoms with Crippen LogP contribution in [0.3, 0.4) is 0 Å². The molecule has 4 nitrogen and oxygen atoms in total. The standard InChI is InChI=1S/C25H29FN4/c26-20-5-6-23-21(14-20)22-17-28-12-8-19(9-13-28)25(22)30(23)16-18-4-7-24(27-15-18)29-10-2-1-3-11-29/h4-7,14-15,19H,1-3,8-13,16-17H2. The lowest BCUT2D eigenvalue weighted by Crippen LogP contribution is -2.30. The molecule has 4 aliphatic heterocycles. The molecule has 2 saturated heterocycles. The van der Waals surface area contributed by atoms with Gasteiger partial charge in [-0.15, -0.1) is 0 Å². The molecule has 5 heteroatoms. The molecule has 30 heavy (non-hydrogen) atoms. The first kappa shape index (κ1) is 18.4. The number of fused-ring (bicyclic) bond motifs is 3. The summed E-state index contributed by atoms with van der Waals surface area (Å²) in [6.45, 7) is 6.30. The highest BCUT2D eigenvalue weighted by Gasteiger charge is 2.32. The highest BCUT2D eigenvalue weighted by Crippen LogP contribution is 2.41. The van der Waals surface area contributed by atoms with Crippen molar-refractivity contribution in [1.82, 2.24) is 14.5 Å². The molecular weight excluding hydrogens is 375 g/mol. The maximum Gasteiger partial charge on any atom is 0.128 e. The minimum Gasteiger partial charge on any atom is -0.357 e. The second kappa shape index (κ2) is 7.38. The Morgan fingerprint density at radius 1 is 0.967 bits per heavy atom. The van der Waals surface area contributed by atoms with E-state index in [1.54, 1.807) is 12.1 Å². The minimum atomic E-state index is -0.137. The summed E-state index contributed by atoms with van der Waals surface area (Å²) in [5.41, 5.74) is 5.17. The first-order chi connectivity index (χ1) is 14.8. The molecule has 0 atom stereocenters. The van der Waals surface area contributed by atoms with Crippen LogP contribution in [0.5, 0.6) is 0 Å². The average Bonchev–Trinajstić information content (AvgIpc) is 2.92. The number of aromatic nitrogens is 2. The molecule has 156 valence electrons. The number of piperidine rings is 2. The summed E-state index contributed by atoms with van der Waals surface area (Å²) in [7, 11) is 0. The van der Waals surface area contributed by atoms with Crippen molar-refractivity contribution in [2.24, 2.45) is 0 Å². The third-order valence-electron chi connectivity index (χ3n) is 7.36. The van der Waals surface area contributed by atoms with Gasteiger partial charge in [-0.25, -0.2) is 9.37 Å². The monoisotopic (exact) mass is 404 g/mol. The van der Waals surface area contributed by atoms with Crippen molar-refractivity contribution in [1.29, 1.82) is 0 Å². The van der Waals surface area contributed by atoms with Gasteiger partial charge in [0.05, 0.1) is 0 Å². The summed E-state index contributed by atoms with van der Waals surface area (Å²) >= 11 is 0. The molecule has 0 spiro atoms. The van der Waals surface area contributed by atoms with E-state index in [1.807, 2.05) is 12.3 Å². The Hall–Kier alpha value is -2.40. The molecule has 2 aromatic heterocycles. The molecule has 4 aliphatic rings. The van der Waals surface area contributed by atoms with Crippen LogP contribution < -0.4 is 4.90 Å². The van der Waals surface area contributed by atoms with Crippen molar-refractivity contribution in [3.63, 3.8) is 0 Å². The third kappa shape index (κ3) is 3.11. The van der Waals surface area contributed by atoms with E-state index in [0.717, 1.165) is 56.0 Å². The van der Waals surface area contributed by atoms with Crippen LogP contribution in [0.15, 0.2) is 36.5 Å². The molecule has 0 unspecified atom stereocenters. The van der Waals surface area contributed by atoms with E-state index in [4.69, 9.17) is 4.98 Å². The summed E-state index contributed by atoms with van der Waals surface area (Å²) in [5, 5.41) is 1.10. The average molecular weight is 405 g/mol. The lowest BCUT2D eigenvalue weighted by Gasteiger charge is -2.28. The Kier molecular flexibility index (Phi) is 4.52. The molecule has 0 aliphatic carbocycles. The Balaban J connectivity index is 1.39. The molecule has 0 radical (unpaired) electrons. The molecule has 1 aromatic carbocycles. The first-order valence-corrected chi connectivity index (χ1v) is 11.5. The summed E-state index contributed by atoms with van der Waals surface area (Å²) < 4.78 is 16.6. The molecule has 0 saturated carbocycles. The van der Waals surface area contributed by atoms with Gasteiger partial charge >= 0.3 is 0 Å². The maximum atomic E-state index is 14.1. The van der Waals surface area contributed by atoms with E-state index >= 15 is 0 Å². The minimum absolute atomic E-state index is 0.137. The predicted octanol–water partition coefficient (Wildman–Crippen LogP) is 4.91. The number of halogens is 1. The van der Waals surface area contributed by atoms with Gasteiger partial charge in [0.15, 0.2) is 0 Å². The molecule has 0 amide bonds. The van der Waals surface area contributed by atoms with E-state index in [2.05, 4.69) is 26.5 Å². The summed E-state index contributed by atoms with van der Waals surface area (Å²) in [6, 6.07) is 9.73. The van der Waals surface area contributed by atoms with Crippen LogP contribution in [-0.2, 0) is 13.1 Å². The van der Waals surface area contributed by atoms with Crippen LogP contribution in [0.25, 0.3) is 10.9 Å². The quantitative estimate of drug-likeness (QED) is 0.620. The zero-order valence-electron chi connectivity index (χ0n) is 17.5. The van der Waals surface area contributed by atoms with Crippen LogP contribution in [0.4, 0.5) is 10.2 Å². The fraction of sp³-hybridized carbons (Fsp3) is 0.480. The van der Waals surface area contributed by atoms with Crippen molar-refractivity contribution in [3.05, 3.63) is 59.2 Å². The second-order valence-corrected chi connectivity index (χ2v) is 9.23. The molecule has 2 bridgehead atoms. The Morgan fingerprint density at radius 2 is 1.80 bits per heavy atom. The number of nitrogens with zero attached hydrogens (tertiary/aromatic N) is 4. The number of hydrogen-bond donors (Lipinski definition) is 0.